The number of ether oxygens (including phenoxy) is 1. The Morgan fingerprint density at radius 3 is 2.81 bits per heavy atom. The van der Waals surface area contributed by atoms with Gasteiger partial charge in [-0.3, -0.25) is 4.79 Å². The number of hydrogen-bond acceptors (Lipinski definition) is 4. The van der Waals surface area contributed by atoms with Crippen LogP contribution in [0.5, 0.6) is 0 Å². The van der Waals surface area contributed by atoms with E-state index in [4.69, 9.17) is 4.74 Å². The first kappa shape index (κ1) is 15.5. The molecule has 5 nitrogen and oxygen atoms in total. The lowest BCUT2D eigenvalue weighted by atomic mass is 9.95. The maximum absolute atomic E-state index is 12.4. The molecule has 1 aliphatic heterocycles. The van der Waals surface area contributed by atoms with Crippen LogP contribution in [0.4, 0.5) is 5.69 Å². The van der Waals surface area contributed by atoms with Gasteiger partial charge in [-0.1, -0.05) is 12.1 Å². The number of aryl methyl sites for hydroxylation is 2. The standard InChI is InChI=1S/C16H21NO4/c1-10-5-6-11(2)13(8-10)17-16(20)12(9-15(18)19)14-4-3-7-21-14/h5-6,8,12,14H,3-4,7,9H2,1-2H3,(H,17,20)(H,18,19)/p-1/t12-,14+/m0/s1. The van der Waals surface area contributed by atoms with E-state index in [-0.39, 0.29) is 18.4 Å². The third-order valence-corrected chi connectivity index (χ3v) is 3.79. The van der Waals surface area contributed by atoms with Crippen LogP contribution in [-0.2, 0) is 14.3 Å². The summed E-state index contributed by atoms with van der Waals surface area (Å²) in [5, 5.41) is 13.7. The van der Waals surface area contributed by atoms with E-state index < -0.39 is 11.9 Å². The van der Waals surface area contributed by atoms with Crippen molar-refractivity contribution in [2.24, 2.45) is 5.92 Å². The van der Waals surface area contributed by atoms with Crippen molar-refractivity contribution in [2.75, 3.05) is 11.9 Å². The van der Waals surface area contributed by atoms with Crippen LogP contribution in [0.1, 0.15) is 30.4 Å². The van der Waals surface area contributed by atoms with Gasteiger partial charge in [-0.25, -0.2) is 0 Å². The van der Waals surface area contributed by atoms with E-state index in [9.17, 15) is 14.7 Å². The minimum atomic E-state index is -1.23. The molecule has 5 heteroatoms. The van der Waals surface area contributed by atoms with Gasteiger partial charge in [0.1, 0.15) is 0 Å². The molecule has 0 bridgehead atoms. The van der Waals surface area contributed by atoms with E-state index in [2.05, 4.69) is 5.32 Å². The van der Waals surface area contributed by atoms with E-state index in [1.54, 1.807) is 0 Å². The van der Waals surface area contributed by atoms with Gasteiger partial charge in [-0.05, 0) is 43.9 Å². The maximum Gasteiger partial charge on any atom is 0.230 e. The van der Waals surface area contributed by atoms with Crippen LogP contribution in [0, 0.1) is 19.8 Å². The smallest absolute Gasteiger partial charge is 0.230 e. The summed E-state index contributed by atoms with van der Waals surface area (Å²) in [6, 6.07) is 5.76. The van der Waals surface area contributed by atoms with Crippen molar-refractivity contribution in [2.45, 2.75) is 39.2 Å². The minimum absolute atomic E-state index is 0.318. The van der Waals surface area contributed by atoms with E-state index in [0.717, 1.165) is 17.5 Å². The maximum atomic E-state index is 12.4. The fraction of sp³-hybridized carbons (Fsp3) is 0.500. The number of carboxylic acids is 1. The zero-order valence-electron chi connectivity index (χ0n) is 12.3. The molecule has 2 atom stereocenters. The molecule has 2 rings (SSSR count). The summed E-state index contributed by atoms with van der Waals surface area (Å²) in [6.45, 7) is 4.41. The van der Waals surface area contributed by atoms with Crippen molar-refractivity contribution in [3.8, 4) is 0 Å². The van der Waals surface area contributed by atoms with Gasteiger partial charge in [0.15, 0.2) is 0 Å². The molecule has 1 heterocycles. The van der Waals surface area contributed by atoms with Crippen LogP contribution >= 0.6 is 0 Å². The quantitative estimate of drug-likeness (QED) is 0.883. The molecule has 1 aromatic carbocycles. The highest BCUT2D eigenvalue weighted by Crippen LogP contribution is 2.25. The Kier molecular flexibility index (Phi) is 4.96. The van der Waals surface area contributed by atoms with Crippen LogP contribution in [0.25, 0.3) is 0 Å². The average molecular weight is 290 g/mol. The van der Waals surface area contributed by atoms with Crippen LogP contribution in [0.2, 0.25) is 0 Å². The molecule has 1 fully saturated rings. The molecular weight excluding hydrogens is 270 g/mol. The van der Waals surface area contributed by atoms with Crippen molar-refractivity contribution in [1.29, 1.82) is 0 Å². The number of anilines is 1. The Bertz CT molecular complexity index is 535. The number of rotatable bonds is 5. The highest BCUT2D eigenvalue weighted by molar-refractivity contribution is 5.95. The third kappa shape index (κ3) is 4.04. The topological polar surface area (TPSA) is 78.5 Å². The molecule has 0 unspecified atom stereocenters. The molecule has 0 saturated carbocycles. The Morgan fingerprint density at radius 2 is 2.19 bits per heavy atom. The number of benzene rings is 1. The van der Waals surface area contributed by atoms with Gasteiger partial charge in [0.25, 0.3) is 0 Å². The zero-order valence-corrected chi connectivity index (χ0v) is 12.3. The van der Waals surface area contributed by atoms with E-state index in [1.807, 2.05) is 32.0 Å². The van der Waals surface area contributed by atoms with Gasteiger partial charge >= 0.3 is 0 Å². The Hall–Kier alpha value is -1.88. The molecule has 0 aromatic heterocycles. The Balaban J connectivity index is 2.13. The van der Waals surface area contributed by atoms with Crippen molar-refractivity contribution in [1.82, 2.24) is 0 Å². The van der Waals surface area contributed by atoms with Crippen LogP contribution in [0.3, 0.4) is 0 Å². The van der Waals surface area contributed by atoms with E-state index >= 15 is 0 Å². The molecular formula is C16H20NO4-. The number of carbonyl (C=O) groups is 2. The number of carboxylic acid groups (broad SMARTS) is 1. The molecule has 1 aliphatic rings. The summed E-state index contributed by atoms with van der Waals surface area (Å²) >= 11 is 0. The number of aliphatic carboxylic acids is 1. The normalized spacial score (nSPS) is 19.2. The highest BCUT2D eigenvalue weighted by Gasteiger charge is 2.32. The lowest BCUT2D eigenvalue weighted by Gasteiger charge is -2.23. The molecule has 21 heavy (non-hydrogen) atoms. The molecule has 0 radical (unpaired) electrons. The highest BCUT2D eigenvalue weighted by atomic mass is 16.5. The number of carbonyl (C=O) groups excluding carboxylic acids is 2. The largest absolute Gasteiger partial charge is 0.550 e. The van der Waals surface area contributed by atoms with E-state index in [0.29, 0.717) is 18.7 Å². The summed E-state index contributed by atoms with van der Waals surface area (Å²) in [4.78, 5) is 23.3. The summed E-state index contributed by atoms with van der Waals surface area (Å²) in [6.07, 6.45) is 0.901. The van der Waals surface area contributed by atoms with Gasteiger partial charge in [-0.2, -0.15) is 0 Å². The Morgan fingerprint density at radius 1 is 1.43 bits per heavy atom. The monoisotopic (exact) mass is 290 g/mol. The first-order chi connectivity index (χ1) is 9.97. The molecule has 0 spiro atoms. The van der Waals surface area contributed by atoms with E-state index in [1.165, 1.54) is 0 Å². The van der Waals surface area contributed by atoms with Crippen LogP contribution < -0.4 is 10.4 Å². The van der Waals surface area contributed by atoms with Crippen LogP contribution in [-0.4, -0.2) is 24.6 Å². The lowest BCUT2D eigenvalue weighted by molar-refractivity contribution is -0.307. The molecule has 1 amide bonds. The second kappa shape index (κ2) is 6.72. The summed E-state index contributed by atoms with van der Waals surface area (Å²) in [7, 11) is 0. The average Bonchev–Trinajstić information content (AvgIpc) is 2.93. The van der Waals surface area contributed by atoms with Gasteiger partial charge in [0.05, 0.1) is 12.0 Å². The first-order valence-electron chi connectivity index (χ1n) is 7.17. The number of amides is 1. The van der Waals surface area contributed by atoms with Gasteiger partial charge in [-0.15, -0.1) is 0 Å². The summed E-state index contributed by atoms with van der Waals surface area (Å²) < 4.78 is 5.48. The second-order valence-electron chi connectivity index (χ2n) is 5.54. The summed E-state index contributed by atoms with van der Waals surface area (Å²) in [5.74, 6) is -2.26. The fourth-order valence-electron chi connectivity index (χ4n) is 2.59. The van der Waals surface area contributed by atoms with Gasteiger partial charge < -0.3 is 20.0 Å². The fourth-order valence-corrected chi connectivity index (χ4v) is 2.59. The second-order valence-corrected chi connectivity index (χ2v) is 5.54. The SMILES string of the molecule is Cc1ccc(C)c(NC(=O)[C@@H](CC(=O)[O-])[C@H]2CCCO2)c1. The Labute approximate surface area is 124 Å². The number of hydrogen-bond donors (Lipinski definition) is 1. The van der Waals surface area contributed by atoms with Crippen molar-refractivity contribution in [3.63, 3.8) is 0 Å². The zero-order chi connectivity index (χ0) is 15.4. The van der Waals surface area contributed by atoms with Gasteiger partial charge in [0.2, 0.25) is 5.91 Å². The predicted molar refractivity (Wildman–Crippen MR) is 76.6 cm³/mol. The van der Waals surface area contributed by atoms with Crippen molar-refractivity contribution >= 4 is 17.6 Å². The number of nitrogens with one attached hydrogen (secondary N) is 1. The molecule has 0 aliphatic carbocycles. The molecule has 1 N–H and O–H groups in total. The first-order valence-corrected chi connectivity index (χ1v) is 7.17. The van der Waals surface area contributed by atoms with Crippen molar-refractivity contribution < 1.29 is 19.4 Å². The predicted octanol–water partition coefficient (Wildman–Crippen LogP) is 1.18. The third-order valence-electron chi connectivity index (χ3n) is 3.79. The molecule has 1 saturated heterocycles. The minimum Gasteiger partial charge on any atom is -0.550 e. The van der Waals surface area contributed by atoms with Gasteiger partial charge in [0, 0.05) is 24.7 Å². The van der Waals surface area contributed by atoms with Crippen molar-refractivity contribution in [3.05, 3.63) is 29.3 Å². The van der Waals surface area contributed by atoms with Crippen LogP contribution in [0.15, 0.2) is 18.2 Å². The molecule has 114 valence electrons. The summed E-state index contributed by atoms with van der Waals surface area (Å²) in [5.41, 5.74) is 2.68. The molecule has 1 aromatic rings. The lowest BCUT2D eigenvalue weighted by Crippen LogP contribution is -2.38.